The van der Waals surface area contributed by atoms with Gasteiger partial charge in [-0.25, -0.2) is 4.79 Å². The lowest BCUT2D eigenvalue weighted by Crippen LogP contribution is -2.05. The van der Waals surface area contributed by atoms with Crippen molar-refractivity contribution in [1.82, 2.24) is 0 Å². The van der Waals surface area contributed by atoms with E-state index >= 15 is 0 Å². The summed E-state index contributed by atoms with van der Waals surface area (Å²) in [4.78, 5) is 11.4. The van der Waals surface area contributed by atoms with Crippen LogP contribution in [0.15, 0.2) is 36.4 Å². The van der Waals surface area contributed by atoms with E-state index in [2.05, 4.69) is 0 Å². The summed E-state index contributed by atoms with van der Waals surface area (Å²) in [5.41, 5.74) is 1.63. The molecule has 1 aliphatic heterocycles. The molecule has 1 aromatic carbocycles. The van der Waals surface area contributed by atoms with Crippen molar-refractivity contribution in [3.63, 3.8) is 0 Å². The number of ether oxygens (including phenoxy) is 2. The van der Waals surface area contributed by atoms with Crippen molar-refractivity contribution < 1.29 is 14.3 Å². The largest absolute Gasteiger partial charge is 0.462 e. The van der Waals surface area contributed by atoms with Gasteiger partial charge in [0.25, 0.3) is 0 Å². The molecule has 16 heavy (non-hydrogen) atoms. The van der Waals surface area contributed by atoms with Crippen molar-refractivity contribution in [2.45, 2.75) is 13.0 Å². The molecule has 3 nitrogen and oxygen atoms in total. The van der Waals surface area contributed by atoms with Gasteiger partial charge in [-0.2, -0.15) is 0 Å². The Balaban J connectivity index is 2.09. The Kier molecular flexibility index (Phi) is 3.37. The van der Waals surface area contributed by atoms with Gasteiger partial charge in [0.2, 0.25) is 0 Å². The summed E-state index contributed by atoms with van der Waals surface area (Å²) in [6.45, 7) is 2.85. The van der Waals surface area contributed by atoms with E-state index in [0.29, 0.717) is 18.8 Å². The molecule has 0 saturated carbocycles. The number of hydrogen-bond acceptors (Lipinski definition) is 3. The quantitative estimate of drug-likeness (QED) is 0.577. The van der Waals surface area contributed by atoms with Crippen LogP contribution in [0.5, 0.6) is 0 Å². The van der Waals surface area contributed by atoms with Gasteiger partial charge in [-0.1, -0.05) is 24.3 Å². The molecule has 0 fully saturated rings. The van der Waals surface area contributed by atoms with E-state index in [1.165, 1.54) is 0 Å². The van der Waals surface area contributed by atoms with Crippen molar-refractivity contribution in [2.24, 2.45) is 0 Å². The highest BCUT2D eigenvalue weighted by Crippen LogP contribution is 2.23. The molecule has 0 aromatic heterocycles. The number of carbonyl (C=O) groups excluding carboxylic acids is 1. The molecule has 0 N–H and O–H groups in total. The first-order valence-corrected chi connectivity index (χ1v) is 5.36. The molecule has 1 heterocycles. The normalized spacial score (nSPS) is 18.7. The molecule has 1 atom stereocenters. The van der Waals surface area contributed by atoms with Gasteiger partial charge < -0.3 is 9.47 Å². The van der Waals surface area contributed by atoms with Gasteiger partial charge in [-0.15, -0.1) is 0 Å². The zero-order valence-electron chi connectivity index (χ0n) is 9.18. The third kappa shape index (κ3) is 2.31. The van der Waals surface area contributed by atoms with Crippen LogP contribution in [0.4, 0.5) is 0 Å². The lowest BCUT2D eigenvalue weighted by atomic mass is 10.1. The number of hydrogen-bond donors (Lipinski definition) is 0. The Labute approximate surface area is 94.7 Å². The van der Waals surface area contributed by atoms with Crippen LogP contribution in [0.3, 0.4) is 0 Å². The van der Waals surface area contributed by atoms with Crippen LogP contribution < -0.4 is 0 Å². The first kappa shape index (κ1) is 10.9. The minimum atomic E-state index is -0.281. The summed E-state index contributed by atoms with van der Waals surface area (Å²) in [5.74, 6) is -0.281. The minimum Gasteiger partial charge on any atom is -0.462 e. The van der Waals surface area contributed by atoms with Crippen molar-refractivity contribution in [1.29, 1.82) is 0 Å². The number of rotatable bonds is 3. The van der Waals surface area contributed by atoms with Gasteiger partial charge >= 0.3 is 5.97 Å². The third-order valence-corrected chi connectivity index (χ3v) is 2.43. The molecule has 0 unspecified atom stereocenters. The Morgan fingerprint density at radius 3 is 2.75 bits per heavy atom. The summed E-state index contributed by atoms with van der Waals surface area (Å²) in [6, 6.07) is 7.32. The smallest absolute Gasteiger partial charge is 0.338 e. The first-order valence-electron chi connectivity index (χ1n) is 5.36. The zero-order chi connectivity index (χ0) is 11.4. The van der Waals surface area contributed by atoms with Crippen LogP contribution in [-0.2, 0) is 9.47 Å². The Bertz CT molecular complexity index is 392. The number of benzene rings is 1. The van der Waals surface area contributed by atoms with E-state index in [-0.39, 0.29) is 12.1 Å². The van der Waals surface area contributed by atoms with Crippen molar-refractivity contribution >= 4 is 5.97 Å². The highest BCUT2D eigenvalue weighted by atomic mass is 16.5. The summed E-state index contributed by atoms with van der Waals surface area (Å²) >= 11 is 0. The van der Waals surface area contributed by atoms with E-state index < -0.39 is 0 Å². The van der Waals surface area contributed by atoms with E-state index in [1.807, 2.05) is 24.3 Å². The molecular weight excluding hydrogens is 204 g/mol. The van der Waals surface area contributed by atoms with Gasteiger partial charge in [0.1, 0.15) is 6.10 Å². The van der Waals surface area contributed by atoms with Crippen LogP contribution in [0, 0.1) is 0 Å². The van der Waals surface area contributed by atoms with Crippen LogP contribution in [0.1, 0.15) is 28.9 Å². The molecule has 1 aromatic rings. The fourth-order valence-corrected chi connectivity index (χ4v) is 1.62. The molecule has 3 heteroatoms. The van der Waals surface area contributed by atoms with Gasteiger partial charge in [0, 0.05) is 0 Å². The molecule has 0 spiro atoms. The van der Waals surface area contributed by atoms with E-state index in [4.69, 9.17) is 9.47 Å². The fourth-order valence-electron chi connectivity index (χ4n) is 1.62. The maximum atomic E-state index is 11.4. The zero-order valence-corrected chi connectivity index (χ0v) is 9.18. The standard InChI is InChI=1S/C13H14O3/c1-2-15-13(14)11-7-5-10(6-8-11)12-4-3-9-16-12/h3-8,12H,2,9H2,1H3/t12-/m0/s1. The van der Waals surface area contributed by atoms with E-state index in [0.717, 1.165) is 5.56 Å². The van der Waals surface area contributed by atoms with Gasteiger partial charge in [0.15, 0.2) is 0 Å². The molecule has 2 rings (SSSR count). The summed E-state index contributed by atoms with van der Waals surface area (Å²) in [5, 5.41) is 0. The topological polar surface area (TPSA) is 35.5 Å². The maximum Gasteiger partial charge on any atom is 0.338 e. The molecular formula is C13H14O3. The first-order chi connectivity index (χ1) is 7.81. The maximum absolute atomic E-state index is 11.4. The second-order valence-electron chi connectivity index (χ2n) is 3.52. The van der Waals surface area contributed by atoms with Crippen molar-refractivity contribution in [2.75, 3.05) is 13.2 Å². The lowest BCUT2D eigenvalue weighted by molar-refractivity contribution is 0.0526. The summed E-state index contributed by atoms with van der Waals surface area (Å²) in [7, 11) is 0. The molecule has 0 saturated heterocycles. The van der Waals surface area contributed by atoms with Gasteiger partial charge in [-0.3, -0.25) is 0 Å². The summed E-state index contributed by atoms with van der Waals surface area (Å²) < 4.78 is 10.4. The molecule has 0 amide bonds. The van der Waals surface area contributed by atoms with Gasteiger partial charge in [0.05, 0.1) is 18.8 Å². The van der Waals surface area contributed by atoms with Crippen LogP contribution in [0.25, 0.3) is 0 Å². The minimum absolute atomic E-state index is 0.0243. The predicted octanol–water partition coefficient (Wildman–Crippen LogP) is 2.49. The molecule has 0 aliphatic carbocycles. The Morgan fingerprint density at radius 2 is 2.19 bits per heavy atom. The van der Waals surface area contributed by atoms with Crippen molar-refractivity contribution in [3.8, 4) is 0 Å². The average molecular weight is 218 g/mol. The van der Waals surface area contributed by atoms with Crippen molar-refractivity contribution in [3.05, 3.63) is 47.5 Å². The van der Waals surface area contributed by atoms with Crippen LogP contribution in [-0.4, -0.2) is 19.2 Å². The molecule has 0 radical (unpaired) electrons. The monoisotopic (exact) mass is 218 g/mol. The predicted molar refractivity (Wildman–Crippen MR) is 60.2 cm³/mol. The fraction of sp³-hybridized carbons (Fsp3) is 0.308. The second-order valence-corrected chi connectivity index (χ2v) is 3.52. The lowest BCUT2D eigenvalue weighted by Gasteiger charge is -2.09. The van der Waals surface area contributed by atoms with Crippen LogP contribution in [0.2, 0.25) is 0 Å². The SMILES string of the molecule is CCOC(=O)c1ccc([C@@H]2C=CCO2)cc1. The van der Waals surface area contributed by atoms with E-state index in [1.54, 1.807) is 19.1 Å². The summed E-state index contributed by atoms with van der Waals surface area (Å²) in [6.07, 6.45) is 4.03. The number of carbonyl (C=O) groups is 1. The highest BCUT2D eigenvalue weighted by Gasteiger charge is 2.13. The van der Waals surface area contributed by atoms with E-state index in [9.17, 15) is 4.79 Å². The average Bonchev–Trinajstić information content (AvgIpc) is 2.83. The molecule has 1 aliphatic rings. The third-order valence-electron chi connectivity index (χ3n) is 2.43. The Hall–Kier alpha value is -1.61. The second kappa shape index (κ2) is 4.94. The number of esters is 1. The molecule has 0 bridgehead atoms. The Morgan fingerprint density at radius 1 is 1.44 bits per heavy atom. The van der Waals surface area contributed by atoms with Crippen LogP contribution >= 0.6 is 0 Å². The highest BCUT2D eigenvalue weighted by molar-refractivity contribution is 5.89. The molecule has 84 valence electrons. The van der Waals surface area contributed by atoms with Gasteiger partial charge in [-0.05, 0) is 24.6 Å².